The van der Waals surface area contributed by atoms with Gasteiger partial charge in [0, 0.05) is 11.9 Å². The zero-order valence-electron chi connectivity index (χ0n) is 14.3. The maximum atomic E-state index is 4.32. The molecule has 0 atom stereocenters. The van der Waals surface area contributed by atoms with E-state index < -0.39 is 0 Å². The fourth-order valence-electron chi connectivity index (χ4n) is 2.50. The van der Waals surface area contributed by atoms with Crippen LogP contribution in [0.25, 0.3) is 0 Å². The Morgan fingerprint density at radius 1 is 0.773 bits per heavy atom. The van der Waals surface area contributed by atoms with Gasteiger partial charge in [0.05, 0.1) is 0 Å². The SMILES string of the molecule is CCCCCCCCCCCCCCSSc1ccccn1. The average molecular weight is 340 g/mol. The first kappa shape index (κ1) is 19.9. The van der Waals surface area contributed by atoms with Crippen LogP contribution in [0.2, 0.25) is 0 Å². The van der Waals surface area contributed by atoms with Crippen LogP contribution < -0.4 is 0 Å². The summed E-state index contributed by atoms with van der Waals surface area (Å²) in [6, 6.07) is 6.11. The van der Waals surface area contributed by atoms with E-state index in [1.165, 1.54) is 82.8 Å². The second kappa shape index (κ2) is 15.7. The highest BCUT2D eigenvalue weighted by Crippen LogP contribution is 2.29. The third kappa shape index (κ3) is 12.4. The molecule has 1 nitrogen and oxygen atoms in total. The molecule has 0 unspecified atom stereocenters. The van der Waals surface area contributed by atoms with Gasteiger partial charge >= 0.3 is 0 Å². The molecule has 1 heterocycles. The van der Waals surface area contributed by atoms with Crippen LogP contribution in [-0.4, -0.2) is 10.7 Å². The molecule has 0 spiro atoms. The summed E-state index contributed by atoms with van der Waals surface area (Å²) in [5.41, 5.74) is 0. The van der Waals surface area contributed by atoms with E-state index in [-0.39, 0.29) is 0 Å². The maximum Gasteiger partial charge on any atom is 0.106 e. The van der Waals surface area contributed by atoms with E-state index in [2.05, 4.69) is 24.0 Å². The van der Waals surface area contributed by atoms with Gasteiger partial charge in [0.15, 0.2) is 0 Å². The van der Waals surface area contributed by atoms with E-state index in [0.717, 1.165) is 5.03 Å². The number of unbranched alkanes of at least 4 members (excludes halogenated alkanes) is 11. The summed E-state index contributed by atoms with van der Waals surface area (Å²) in [6.45, 7) is 2.29. The lowest BCUT2D eigenvalue weighted by molar-refractivity contribution is 0.548. The molecule has 0 aromatic carbocycles. The van der Waals surface area contributed by atoms with Crippen LogP contribution in [0.1, 0.15) is 84.0 Å². The van der Waals surface area contributed by atoms with Crippen molar-refractivity contribution < 1.29 is 0 Å². The predicted octanol–water partition coefficient (Wildman–Crippen LogP) is 7.52. The molecule has 0 aliphatic heterocycles. The second-order valence-electron chi connectivity index (χ2n) is 5.96. The first-order valence-electron chi connectivity index (χ1n) is 9.14. The Labute approximate surface area is 145 Å². The summed E-state index contributed by atoms with van der Waals surface area (Å²) >= 11 is 0. The number of nitrogens with zero attached hydrogens (tertiary/aromatic N) is 1. The van der Waals surface area contributed by atoms with Crippen LogP contribution in [0.5, 0.6) is 0 Å². The minimum absolute atomic E-state index is 1.13. The molecule has 126 valence electrons. The Morgan fingerprint density at radius 3 is 1.91 bits per heavy atom. The summed E-state index contributed by atoms with van der Waals surface area (Å²) < 4.78 is 0. The van der Waals surface area contributed by atoms with E-state index in [1.807, 2.05) is 33.9 Å². The van der Waals surface area contributed by atoms with E-state index >= 15 is 0 Å². The predicted molar refractivity (Wildman–Crippen MR) is 104 cm³/mol. The number of hydrogen-bond acceptors (Lipinski definition) is 3. The molecular formula is C19H33NS2. The number of pyridine rings is 1. The summed E-state index contributed by atoms with van der Waals surface area (Å²) in [6.07, 6.45) is 19.0. The Balaban J connectivity index is 1.73. The van der Waals surface area contributed by atoms with Gasteiger partial charge in [0.1, 0.15) is 5.03 Å². The smallest absolute Gasteiger partial charge is 0.106 e. The minimum Gasteiger partial charge on any atom is -0.249 e. The third-order valence-corrected chi connectivity index (χ3v) is 6.21. The highest BCUT2D eigenvalue weighted by molar-refractivity contribution is 8.76. The fraction of sp³-hybridized carbons (Fsp3) is 0.737. The Bertz CT molecular complexity index is 329. The van der Waals surface area contributed by atoms with Gasteiger partial charge in [-0.15, -0.1) is 0 Å². The van der Waals surface area contributed by atoms with E-state index in [9.17, 15) is 0 Å². The third-order valence-electron chi connectivity index (χ3n) is 3.86. The van der Waals surface area contributed by atoms with Gasteiger partial charge < -0.3 is 0 Å². The first-order valence-corrected chi connectivity index (χ1v) is 11.5. The second-order valence-corrected chi connectivity index (χ2v) is 8.40. The van der Waals surface area contributed by atoms with Crippen molar-refractivity contribution in [3.8, 4) is 0 Å². The molecule has 1 rings (SSSR count). The molecule has 0 aliphatic rings. The molecular weight excluding hydrogens is 306 g/mol. The molecule has 1 aromatic rings. The first-order chi connectivity index (χ1) is 10.9. The molecule has 0 aliphatic carbocycles. The molecule has 0 saturated carbocycles. The quantitative estimate of drug-likeness (QED) is 0.242. The van der Waals surface area contributed by atoms with E-state index in [4.69, 9.17) is 0 Å². The van der Waals surface area contributed by atoms with Crippen molar-refractivity contribution in [3.63, 3.8) is 0 Å². The maximum absolute atomic E-state index is 4.32. The van der Waals surface area contributed by atoms with Crippen molar-refractivity contribution in [1.82, 2.24) is 4.98 Å². The molecule has 22 heavy (non-hydrogen) atoms. The van der Waals surface area contributed by atoms with E-state index in [1.54, 1.807) is 0 Å². The van der Waals surface area contributed by atoms with Gasteiger partial charge in [-0.05, 0) is 29.3 Å². The van der Waals surface area contributed by atoms with Gasteiger partial charge in [0.25, 0.3) is 0 Å². The van der Waals surface area contributed by atoms with Crippen molar-refractivity contribution in [2.75, 3.05) is 5.75 Å². The van der Waals surface area contributed by atoms with Crippen LogP contribution >= 0.6 is 21.6 Å². The van der Waals surface area contributed by atoms with Crippen molar-refractivity contribution in [2.24, 2.45) is 0 Å². The Hall–Kier alpha value is -0.150. The van der Waals surface area contributed by atoms with Crippen molar-refractivity contribution in [2.45, 2.75) is 89.0 Å². The van der Waals surface area contributed by atoms with Crippen LogP contribution in [-0.2, 0) is 0 Å². The Morgan fingerprint density at radius 2 is 1.36 bits per heavy atom. The topological polar surface area (TPSA) is 12.9 Å². The summed E-state index contributed by atoms with van der Waals surface area (Å²) in [7, 11) is 3.75. The average Bonchev–Trinajstić information content (AvgIpc) is 2.56. The summed E-state index contributed by atoms with van der Waals surface area (Å²) in [5.74, 6) is 1.25. The number of aromatic nitrogens is 1. The van der Waals surface area contributed by atoms with Crippen LogP contribution in [0.4, 0.5) is 0 Å². The lowest BCUT2D eigenvalue weighted by atomic mass is 10.1. The zero-order valence-corrected chi connectivity index (χ0v) is 15.9. The standard InChI is InChI=1S/C19H33NS2/c1-2-3-4-5-6-7-8-9-10-11-12-15-18-21-22-19-16-13-14-17-20-19/h13-14,16-17H,2-12,15,18H2,1H3. The van der Waals surface area contributed by atoms with Gasteiger partial charge in [-0.2, -0.15) is 0 Å². The highest BCUT2D eigenvalue weighted by Gasteiger charge is 1.96. The molecule has 3 heteroatoms. The van der Waals surface area contributed by atoms with Gasteiger partial charge in [-0.25, -0.2) is 4.98 Å². The monoisotopic (exact) mass is 339 g/mol. The van der Waals surface area contributed by atoms with Crippen LogP contribution in [0.3, 0.4) is 0 Å². The van der Waals surface area contributed by atoms with Crippen LogP contribution in [0, 0.1) is 0 Å². The molecule has 0 saturated heterocycles. The molecule has 0 amide bonds. The van der Waals surface area contributed by atoms with Crippen LogP contribution in [0.15, 0.2) is 29.4 Å². The Kier molecular flexibility index (Phi) is 14.2. The highest BCUT2D eigenvalue weighted by atomic mass is 33.1. The number of hydrogen-bond donors (Lipinski definition) is 0. The van der Waals surface area contributed by atoms with Gasteiger partial charge in [0.2, 0.25) is 0 Å². The largest absolute Gasteiger partial charge is 0.249 e. The lowest BCUT2D eigenvalue weighted by Crippen LogP contribution is -1.83. The molecule has 0 N–H and O–H groups in total. The van der Waals surface area contributed by atoms with Crippen molar-refractivity contribution >= 4 is 21.6 Å². The van der Waals surface area contributed by atoms with Gasteiger partial charge in [-0.3, -0.25) is 0 Å². The lowest BCUT2D eigenvalue weighted by Gasteiger charge is -2.03. The normalized spacial score (nSPS) is 11.0. The van der Waals surface area contributed by atoms with E-state index in [0.29, 0.717) is 0 Å². The fourth-order valence-corrected chi connectivity index (χ4v) is 4.53. The van der Waals surface area contributed by atoms with Crippen molar-refractivity contribution in [1.29, 1.82) is 0 Å². The number of rotatable bonds is 15. The minimum atomic E-state index is 1.13. The molecule has 1 aromatic heterocycles. The molecule has 0 radical (unpaired) electrons. The van der Waals surface area contributed by atoms with Gasteiger partial charge in [-0.1, -0.05) is 94.4 Å². The summed E-state index contributed by atoms with van der Waals surface area (Å²) in [4.78, 5) is 4.32. The zero-order chi connectivity index (χ0) is 15.7. The molecule has 0 fully saturated rings. The molecule has 0 bridgehead atoms. The summed E-state index contributed by atoms with van der Waals surface area (Å²) in [5, 5.41) is 1.13. The van der Waals surface area contributed by atoms with Crippen molar-refractivity contribution in [3.05, 3.63) is 24.4 Å².